The predicted molar refractivity (Wildman–Crippen MR) is 154 cm³/mol. The van der Waals surface area contributed by atoms with Crippen molar-refractivity contribution in [2.24, 2.45) is 5.92 Å². The summed E-state index contributed by atoms with van der Waals surface area (Å²) < 4.78 is 29.3. The van der Waals surface area contributed by atoms with Gasteiger partial charge in [0.15, 0.2) is 6.04 Å². The van der Waals surface area contributed by atoms with Crippen molar-refractivity contribution in [3.8, 4) is 5.75 Å². The number of rotatable bonds is 5. The Bertz CT molecular complexity index is 1140. The molecule has 0 N–H and O–H groups in total. The molecule has 9 heteroatoms. The Kier molecular flexibility index (Phi) is 10.4. The van der Waals surface area contributed by atoms with Crippen molar-refractivity contribution < 1.29 is 38.1 Å². The Morgan fingerprint density at radius 3 is 1.98 bits per heavy atom. The minimum atomic E-state index is -1.43. The molecular weight excluding hydrogens is 526 g/mol. The van der Waals surface area contributed by atoms with Crippen LogP contribution in [0.5, 0.6) is 5.75 Å². The molecule has 1 heterocycles. The summed E-state index contributed by atoms with van der Waals surface area (Å²) in [4.78, 5) is 40.7. The molecule has 41 heavy (non-hydrogen) atoms. The average Bonchev–Trinajstić information content (AvgIpc) is 2.89. The number of carbonyl (C=O) groups excluding carboxylic acids is 3. The lowest BCUT2D eigenvalue weighted by molar-refractivity contribution is -0.159. The lowest BCUT2D eigenvalue weighted by Gasteiger charge is -2.33. The number of para-hydroxylation sites is 1. The van der Waals surface area contributed by atoms with Gasteiger partial charge in [0, 0.05) is 5.92 Å². The second-order valence-corrected chi connectivity index (χ2v) is 12.4. The van der Waals surface area contributed by atoms with Crippen LogP contribution in [0.1, 0.15) is 59.6 Å². The van der Waals surface area contributed by atoms with Gasteiger partial charge >= 0.3 is 18.2 Å². The van der Waals surface area contributed by atoms with Crippen LogP contribution in [-0.4, -0.2) is 65.7 Å². The Morgan fingerprint density at radius 2 is 1.44 bits per heavy atom. The van der Waals surface area contributed by atoms with Crippen LogP contribution in [0.15, 0.2) is 54.6 Å². The maximum absolute atomic E-state index is 13.6. The van der Waals surface area contributed by atoms with Crippen molar-refractivity contribution in [1.82, 2.24) is 4.90 Å². The van der Waals surface area contributed by atoms with Crippen LogP contribution in [0, 0.1) is 12.8 Å². The van der Waals surface area contributed by atoms with E-state index >= 15 is 0 Å². The zero-order valence-corrected chi connectivity index (χ0v) is 25.3. The van der Waals surface area contributed by atoms with Gasteiger partial charge in [0.1, 0.15) is 29.2 Å². The smallest absolute Gasteiger partial charge is 0.420 e. The highest BCUT2D eigenvalue weighted by molar-refractivity contribution is 5.94. The van der Waals surface area contributed by atoms with E-state index < -0.39 is 47.6 Å². The summed E-state index contributed by atoms with van der Waals surface area (Å²) in [6.07, 6.45) is -2.80. The van der Waals surface area contributed by atoms with Gasteiger partial charge in [0.2, 0.25) is 0 Å². The van der Waals surface area contributed by atoms with E-state index in [0.717, 1.165) is 11.1 Å². The summed E-state index contributed by atoms with van der Waals surface area (Å²) in [7, 11) is 0. The molecule has 2 aromatic carbocycles. The molecule has 0 aromatic heterocycles. The summed E-state index contributed by atoms with van der Waals surface area (Å²) in [5, 5.41) is 0. The fourth-order valence-corrected chi connectivity index (χ4v) is 4.39. The molecule has 2 amide bonds. The number of esters is 1. The molecule has 0 unspecified atom stereocenters. The predicted octanol–water partition coefficient (Wildman–Crippen LogP) is 6.10. The first kappa shape index (κ1) is 31.9. The monoisotopic (exact) mass is 569 g/mol. The summed E-state index contributed by atoms with van der Waals surface area (Å²) in [5.74, 6) is -0.433. The maximum Gasteiger partial charge on any atom is 0.420 e. The van der Waals surface area contributed by atoms with Crippen LogP contribution in [-0.2, 0) is 30.2 Å². The van der Waals surface area contributed by atoms with Crippen molar-refractivity contribution in [2.45, 2.75) is 91.3 Å². The highest BCUT2D eigenvalue weighted by Crippen LogP contribution is 2.27. The molecule has 0 saturated carbocycles. The standard InChI is InChI=1S/C32H43NO8/c1-21-14-16-23(17-15-21)18-24-19-37-20-26(28(34)38-22(2)27(24)39-25-12-10-9-11-13-25)33(29(35)40-31(3,4)5)30(36)41-32(6,7)8/h9-17,22,24,26-27H,18-20H2,1-8H3/t22-,24-,26-,27-/m0/s1. The normalized spacial score (nSPS) is 21.9. The first-order valence-electron chi connectivity index (χ1n) is 13.9. The van der Waals surface area contributed by atoms with Crippen molar-refractivity contribution in [3.05, 3.63) is 65.7 Å². The molecular formula is C32H43NO8. The third kappa shape index (κ3) is 9.78. The lowest BCUT2D eigenvalue weighted by atomic mass is 9.91. The van der Waals surface area contributed by atoms with E-state index in [9.17, 15) is 14.4 Å². The number of ether oxygens (including phenoxy) is 5. The highest BCUT2D eigenvalue weighted by atomic mass is 16.6. The van der Waals surface area contributed by atoms with Crippen LogP contribution in [0.25, 0.3) is 0 Å². The Labute approximate surface area is 243 Å². The van der Waals surface area contributed by atoms with Gasteiger partial charge in [-0.15, -0.1) is 0 Å². The van der Waals surface area contributed by atoms with Crippen molar-refractivity contribution >= 4 is 18.2 Å². The van der Waals surface area contributed by atoms with Crippen LogP contribution < -0.4 is 4.74 Å². The summed E-state index contributed by atoms with van der Waals surface area (Å²) >= 11 is 0. The number of nitrogens with zero attached hydrogens (tertiary/aromatic N) is 1. The number of aryl methyl sites for hydroxylation is 1. The Balaban J connectivity index is 1.95. The lowest BCUT2D eigenvalue weighted by Crippen LogP contribution is -2.54. The second-order valence-electron chi connectivity index (χ2n) is 12.4. The topological polar surface area (TPSA) is 101 Å². The molecule has 0 radical (unpaired) electrons. The minimum Gasteiger partial charge on any atom is -0.486 e. The summed E-state index contributed by atoms with van der Waals surface area (Å²) in [6, 6.07) is 16.0. The fourth-order valence-electron chi connectivity index (χ4n) is 4.39. The van der Waals surface area contributed by atoms with E-state index in [0.29, 0.717) is 17.1 Å². The van der Waals surface area contributed by atoms with Crippen LogP contribution in [0.2, 0.25) is 0 Å². The van der Waals surface area contributed by atoms with Gasteiger partial charge in [-0.25, -0.2) is 14.4 Å². The first-order valence-corrected chi connectivity index (χ1v) is 13.9. The van der Waals surface area contributed by atoms with Crippen LogP contribution >= 0.6 is 0 Å². The summed E-state index contributed by atoms with van der Waals surface area (Å²) in [5.41, 5.74) is 0.360. The largest absolute Gasteiger partial charge is 0.486 e. The van der Waals surface area contributed by atoms with Crippen molar-refractivity contribution in [2.75, 3.05) is 13.2 Å². The molecule has 1 fully saturated rings. The maximum atomic E-state index is 13.6. The van der Waals surface area contributed by atoms with Gasteiger partial charge in [-0.05, 0) is 79.5 Å². The van der Waals surface area contributed by atoms with E-state index in [2.05, 4.69) is 0 Å². The van der Waals surface area contributed by atoms with Gasteiger partial charge in [-0.3, -0.25) is 0 Å². The van der Waals surface area contributed by atoms with Crippen LogP contribution in [0.3, 0.4) is 0 Å². The molecule has 3 rings (SSSR count). The third-order valence-corrected chi connectivity index (χ3v) is 6.23. The molecule has 9 nitrogen and oxygen atoms in total. The highest BCUT2D eigenvalue weighted by Gasteiger charge is 2.44. The van der Waals surface area contributed by atoms with E-state index in [1.54, 1.807) is 48.5 Å². The fraction of sp³-hybridized carbons (Fsp3) is 0.531. The molecule has 224 valence electrons. The van der Waals surface area contributed by atoms with Gasteiger partial charge in [0.25, 0.3) is 0 Å². The van der Waals surface area contributed by atoms with Crippen LogP contribution in [0.4, 0.5) is 9.59 Å². The number of amides is 2. The number of hydrogen-bond acceptors (Lipinski definition) is 8. The zero-order valence-electron chi connectivity index (χ0n) is 25.3. The number of benzene rings is 2. The van der Waals surface area contributed by atoms with Gasteiger partial charge in [-0.2, -0.15) is 4.90 Å². The molecule has 0 aliphatic carbocycles. The number of carbonyl (C=O) groups is 3. The molecule has 1 saturated heterocycles. The Morgan fingerprint density at radius 1 is 0.878 bits per heavy atom. The van der Waals surface area contributed by atoms with Gasteiger partial charge < -0.3 is 23.7 Å². The van der Waals surface area contributed by atoms with E-state index in [1.165, 1.54) is 0 Å². The van der Waals surface area contributed by atoms with E-state index in [1.807, 2.05) is 61.5 Å². The summed E-state index contributed by atoms with van der Waals surface area (Å²) in [6.45, 7) is 13.6. The molecule has 1 aliphatic rings. The number of hydrogen-bond donors (Lipinski definition) is 0. The second kappa shape index (κ2) is 13.4. The molecule has 0 spiro atoms. The SMILES string of the molecule is Cc1ccc(C[C@H]2COC[C@H](N(C(=O)OC(C)(C)C)C(=O)OC(C)(C)C)C(=O)O[C@@H](C)[C@@H]2Oc2ccccc2)cc1. The molecule has 2 aromatic rings. The van der Waals surface area contributed by atoms with E-state index in [-0.39, 0.29) is 19.1 Å². The quantitative estimate of drug-likeness (QED) is 0.314. The number of cyclic esters (lactones) is 1. The Hall–Kier alpha value is -3.59. The first-order chi connectivity index (χ1) is 19.1. The molecule has 0 bridgehead atoms. The number of imide groups is 1. The van der Waals surface area contributed by atoms with Gasteiger partial charge in [0.05, 0.1) is 13.2 Å². The van der Waals surface area contributed by atoms with E-state index in [4.69, 9.17) is 23.7 Å². The zero-order chi connectivity index (χ0) is 30.4. The van der Waals surface area contributed by atoms with Crippen molar-refractivity contribution in [1.29, 1.82) is 0 Å². The average molecular weight is 570 g/mol. The van der Waals surface area contributed by atoms with Crippen molar-refractivity contribution in [3.63, 3.8) is 0 Å². The van der Waals surface area contributed by atoms with Gasteiger partial charge in [-0.1, -0.05) is 48.0 Å². The molecule has 4 atom stereocenters. The minimum absolute atomic E-state index is 0.180. The third-order valence-electron chi connectivity index (χ3n) is 6.23. The molecule has 1 aliphatic heterocycles.